The van der Waals surface area contributed by atoms with E-state index in [-0.39, 0.29) is 12.5 Å². The molecule has 0 bridgehead atoms. The maximum atomic E-state index is 11.9. The molecule has 7 nitrogen and oxygen atoms in total. The Hall–Kier alpha value is -1.12. The molecule has 0 atom stereocenters. The van der Waals surface area contributed by atoms with Gasteiger partial charge in [-0.25, -0.2) is 0 Å². The Bertz CT molecular complexity index is 514. The summed E-state index contributed by atoms with van der Waals surface area (Å²) >= 11 is 1.58. The SMILES string of the molecule is CSCC(=O)N1CCC(c2nnc(CN(C)CCO)n2C)CC1. The summed E-state index contributed by atoms with van der Waals surface area (Å²) in [5.41, 5.74) is 0. The van der Waals surface area contributed by atoms with Crippen LogP contribution in [-0.4, -0.2) is 80.9 Å². The van der Waals surface area contributed by atoms with E-state index in [9.17, 15) is 4.79 Å². The molecule has 1 aromatic heterocycles. The van der Waals surface area contributed by atoms with E-state index in [0.29, 0.717) is 24.8 Å². The van der Waals surface area contributed by atoms with E-state index in [2.05, 4.69) is 14.8 Å². The van der Waals surface area contributed by atoms with Crippen LogP contribution >= 0.6 is 11.8 Å². The zero-order chi connectivity index (χ0) is 16.8. The van der Waals surface area contributed by atoms with Crippen molar-refractivity contribution in [3.8, 4) is 0 Å². The van der Waals surface area contributed by atoms with Crippen LogP contribution in [0.2, 0.25) is 0 Å². The maximum absolute atomic E-state index is 11.9. The molecule has 2 heterocycles. The highest BCUT2D eigenvalue weighted by atomic mass is 32.2. The molecule has 0 saturated carbocycles. The van der Waals surface area contributed by atoms with Crippen LogP contribution in [-0.2, 0) is 18.4 Å². The van der Waals surface area contributed by atoms with Crippen LogP contribution in [0.4, 0.5) is 0 Å². The fourth-order valence-electron chi connectivity index (χ4n) is 2.96. The number of hydrogen-bond donors (Lipinski definition) is 1. The molecule has 0 aromatic carbocycles. The van der Waals surface area contributed by atoms with Gasteiger partial charge < -0.3 is 14.6 Å². The molecule has 1 amide bonds. The highest BCUT2D eigenvalue weighted by molar-refractivity contribution is 7.99. The Morgan fingerprint density at radius 2 is 2.09 bits per heavy atom. The number of thioether (sulfide) groups is 1. The summed E-state index contributed by atoms with van der Waals surface area (Å²) in [4.78, 5) is 15.9. The molecule has 1 N–H and O–H groups in total. The van der Waals surface area contributed by atoms with Gasteiger partial charge in [-0.15, -0.1) is 10.2 Å². The number of piperidine rings is 1. The van der Waals surface area contributed by atoms with E-state index < -0.39 is 0 Å². The van der Waals surface area contributed by atoms with Crippen molar-refractivity contribution < 1.29 is 9.90 Å². The highest BCUT2D eigenvalue weighted by Gasteiger charge is 2.27. The van der Waals surface area contributed by atoms with Crippen LogP contribution in [0.5, 0.6) is 0 Å². The van der Waals surface area contributed by atoms with E-state index >= 15 is 0 Å². The van der Waals surface area contributed by atoms with Crippen molar-refractivity contribution >= 4 is 17.7 Å². The van der Waals surface area contributed by atoms with Gasteiger partial charge in [0.05, 0.1) is 18.9 Å². The zero-order valence-corrected chi connectivity index (χ0v) is 15.1. The van der Waals surface area contributed by atoms with Gasteiger partial charge in [-0.05, 0) is 26.1 Å². The third-order valence-corrected chi connectivity index (χ3v) is 4.91. The Morgan fingerprint density at radius 3 is 2.70 bits per heavy atom. The largest absolute Gasteiger partial charge is 0.395 e. The summed E-state index contributed by atoms with van der Waals surface area (Å²) in [6, 6.07) is 0. The van der Waals surface area contributed by atoms with Crippen LogP contribution in [0.25, 0.3) is 0 Å². The van der Waals surface area contributed by atoms with Crippen molar-refractivity contribution in [3.05, 3.63) is 11.6 Å². The van der Waals surface area contributed by atoms with E-state index in [4.69, 9.17) is 5.11 Å². The summed E-state index contributed by atoms with van der Waals surface area (Å²) in [5, 5.41) is 17.7. The molecule has 8 heteroatoms. The van der Waals surface area contributed by atoms with E-state index in [1.807, 2.05) is 30.2 Å². The predicted octanol–water partition coefficient (Wildman–Crippen LogP) is 0.308. The number of likely N-dealkylation sites (tertiary alicyclic amines) is 1. The minimum atomic E-state index is 0.143. The van der Waals surface area contributed by atoms with Gasteiger partial charge in [0.1, 0.15) is 11.6 Å². The van der Waals surface area contributed by atoms with E-state index in [1.165, 1.54) is 0 Å². The second kappa shape index (κ2) is 8.65. The molecule has 0 unspecified atom stereocenters. The maximum Gasteiger partial charge on any atom is 0.232 e. The molecule has 1 aromatic rings. The molecule has 1 saturated heterocycles. The minimum absolute atomic E-state index is 0.143. The summed E-state index contributed by atoms with van der Waals surface area (Å²) in [6.45, 7) is 3.05. The average Bonchev–Trinajstić information content (AvgIpc) is 2.89. The second-order valence-electron chi connectivity index (χ2n) is 6.08. The Balaban J connectivity index is 1.94. The van der Waals surface area contributed by atoms with Crippen molar-refractivity contribution in [3.63, 3.8) is 0 Å². The van der Waals surface area contributed by atoms with Gasteiger partial charge in [0, 0.05) is 32.6 Å². The van der Waals surface area contributed by atoms with Crippen molar-refractivity contribution in [1.29, 1.82) is 0 Å². The smallest absolute Gasteiger partial charge is 0.232 e. The van der Waals surface area contributed by atoms with E-state index in [0.717, 1.165) is 37.6 Å². The monoisotopic (exact) mass is 341 g/mol. The van der Waals surface area contributed by atoms with Gasteiger partial charge in [-0.1, -0.05) is 0 Å². The third-order valence-electron chi connectivity index (χ3n) is 4.37. The van der Waals surface area contributed by atoms with Crippen molar-refractivity contribution in [2.75, 3.05) is 45.3 Å². The van der Waals surface area contributed by atoms with Crippen LogP contribution in [0.3, 0.4) is 0 Å². The lowest BCUT2D eigenvalue weighted by molar-refractivity contribution is -0.129. The zero-order valence-electron chi connectivity index (χ0n) is 14.2. The third kappa shape index (κ3) is 4.68. The molecular formula is C15H27N5O2S. The lowest BCUT2D eigenvalue weighted by Gasteiger charge is -2.31. The molecule has 2 rings (SSSR count). The minimum Gasteiger partial charge on any atom is -0.395 e. The molecule has 0 aliphatic carbocycles. The molecule has 1 aliphatic heterocycles. The number of rotatable bonds is 7. The molecule has 130 valence electrons. The number of carbonyl (C=O) groups excluding carboxylic acids is 1. The molecule has 1 aliphatic rings. The first-order chi connectivity index (χ1) is 11.1. The number of aliphatic hydroxyl groups is 1. The average molecular weight is 341 g/mol. The number of nitrogens with zero attached hydrogens (tertiary/aromatic N) is 5. The molecule has 0 radical (unpaired) electrons. The van der Waals surface area contributed by atoms with Gasteiger partial charge in [0.15, 0.2) is 0 Å². The first-order valence-electron chi connectivity index (χ1n) is 8.01. The molecule has 0 spiro atoms. The fourth-order valence-corrected chi connectivity index (χ4v) is 3.39. The summed E-state index contributed by atoms with van der Waals surface area (Å²) < 4.78 is 2.07. The van der Waals surface area contributed by atoms with Crippen LogP contribution in [0.1, 0.15) is 30.4 Å². The van der Waals surface area contributed by atoms with Crippen LogP contribution in [0, 0.1) is 0 Å². The van der Waals surface area contributed by atoms with Crippen LogP contribution in [0.15, 0.2) is 0 Å². The van der Waals surface area contributed by atoms with Gasteiger partial charge >= 0.3 is 0 Å². The fraction of sp³-hybridized carbons (Fsp3) is 0.800. The topological polar surface area (TPSA) is 74.5 Å². The summed E-state index contributed by atoms with van der Waals surface area (Å²) in [7, 11) is 3.96. The van der Waals surface area contributed by atoms with Crippen molar-refractivity contribution in [1.82, 2.24) is 24.6 Å². The lowest BCUT2D eigenvalue weighted by atomic mass is 9.96. The standard InChI is InChI=1S/C15H27N5O2S/c1-18(8-9-21)10-13-16-17-15(19(13)2)12-4-6-20(7-5-12)14(22)11-23-3/h12,21H,4-11H2,1-3H3. The van der Waals surface area contributed by atoms with Gasteiger partial charge in [-0.2, -0.15) is 11.8 Å². The molecule has 1 fully saturated rings. The number of likely N-dealkylation sites (N-methyl/N-ethyl adjacent to an activating group) is 1. The van der Waals surface area contributed by atoms with Gasteiger partial charge in [0.2, 0.25) is 5.91 Å². The number of aromatic nitrogens is 3. The lowest BCUT2D eigenvalue weighted by Crippen LogP contribution is -2.39. The Morgan fingerprint density at radius 1 is 1.39 bits per heavy atom. The van der Waals surface area contributed by atoms with E-state index in [1.54, 1.807) is 11.8 Å². The number of amides is 1. The van der Waals surface area contributed by atoms with Gasteiger partial charge in [-0.3, -0.25) is 9.69 Å². The van der Waals surface area contributed by atoms with Crippen molar-refractivity contribution in [2.45, 2.75) is 25.3 Å². The van der Waals surface area contributed by atoms with Gasteiger partial charge in [0.25, 0.3) is 0 Å². The second-order valence-corrected chi connectivity index (χ2v) is 6.95. The van der Waals surface area contributed by atoms with Crippen LogP contribution < -0.4 is 0 Å². The Labute approximate surface area is 142 Å². The van der Waals surface area contributed by atoms with Crippen molar-refractivity contribution in [2.24, 2.45) is 7.05 Å². The summed E-state index contributed by atoms with van der Waals surface area (Å²) in [5.74, 6) is 3.09. The molecular weight excluding hydrogens is 314 g/mol. The number of hydrogen-bond acceptors (Lipinski definition) is 6. The highest BCUT2D eigenvalue weighted by Crippen LogP contribution is 2.27. The first-order valence-corrected chi connectivity index (χ1v) is 9.40. The summed E-state index contributed by atoms with van der Waals surface area (Å²) in [6.07, 6.45) is 3.84. The normalized spacial score (nSPS) is 16.3. The molecule has 23 heavy (non-hydrogen) atoms. The Kier molecular flexibility index (Phi) is 6.86. The predicted molar refractivity (Wildman–Crippen MR) is 91.4 cm³/mol. The quantitative estimate of drug-likeness (QED) is 0.769. The number of aliphatic hydroxyl groups excluding tert-OH is 1. The number of carbonyl (C=O) groups is 1. The first kappa shape index (κ1) is 18.2.